The van der Waals surface area contributed by atoms with Crippen LogP contribution in [0.1, 0.15) is 16.8 Å². The van der Waals surface area contributed by atoms with Crippen LogP contribution in [0.3, 0.4) is 0 Å². The molecule has 3 aromatic rings. The maximum Gasteiger partial charge on any atom is 0.234 e. The molecule has 152 valence electrons. The summed E-state index contributed by atoms with van der Waals surface area (Å²) in [4.78, 5) is 4.17. The lowest BCUT2D eigenvalue weighted by atomic mass is 10.2. The van der Waals surface area contributed by atoms with Crippen LogP contribution in [0, 0.1) is 18.6 Å². The van der Waals surface area contributed by atoms with Gasteiger partial charge >= 0.3 is 0 Å². The molecule has 0 fully saturated rings. The van der Waals surface area contributed by atoms with Gasteiger partial charge in [-0.3, -0.25) is 0 Å². The summed E-state index contributed by atoms with van der Waals surface area (Å²) in [6.07, 6.45) is 4.91. The van der Waals surface area contributed by atoms with E-state index >= 15 is 0 Å². The van der Waals surface area contributed by atoms with E-state index in [2.05, 4.69) is 9.71 Å². The molecule has 2 aromatic carbocycles. The number of imidazole rings is 1. The SMILES string of the molecule is COc1cc(C=CS(=O)(=O)NCc2cc(F)cc(F)c2)ccc1-n1cnc(C)c1. The van der Waals surface area contributed by atoms with Crippen molar-refractivity contribution >= 4 is 16.1 Å². The number of nitrogens with zero attached hydrogens (tertiary/aromatic N) is 2. The van der Waals surface area contributed by atoms with Crippen molar-refractivity contribution in [3.63, 3.8) is 0 Å². The summed E-state index contributed by atoms with van der Waals surface area (Å²) in [5, 5.41) is 0.985. The minimum absolute atomic E-state index is 0.182. The molecule has 0 unspecified atom stereocenters. The zero-order valence-electron chi connectivity index (χ0n) is 15.8. The van der Waals surface area contributed by atoms with E-state index in [-0.39, 0.29) is 12.1 Å². The van der Waals surface area contributed by atoms with Crippen LogP contribution in [-0.2, 0) is 16.6 Å². The van der Waals surface area contributed by atoms with Crippen molar-refractivity contribution in [2.75, 3.05) is 7.11 Å². The van der Waals surface area contributed by atoms with Crippen LogP contribution >= 0.6 is 0 Å². The standard InChI is InChI=1S/C20H19F2N3O3S/c1-14-12-25(13-23-14)19-4-3-15(9-20(19)28-2)5-6-29(26,27)24-11-16-7-17(21)10-18(22)8-16/h3-10,12-13,24H,11H2,1-2H3. The van der Waals surface area contributed by atoms with E-state index in [4.69, 9.17) is 4.74 Å². The van der Waals surface area contributed by atoms with Gasteiger partial charge in [0.25, 0.3) is 0 Å². The summed E-state index contributed by atoms with van der Waals surface area (Å²) in [6, 6.07) is 8.07. The fourth-order valence-corrected chi connectivity index (χ4v) is 3.48. The second-order valence-electron chi connectivity index (χ2n) is 6.30. The van der Waals surface area contributed by atoms with Gasteiger partial charge in [-0.15, -0.1) is 0 Å². The molecule has 3 rings (SSSR count). The molecule has 0 saturated heterocycles. The first-order chi connectivity index (χ1) is 13.8. The zero-order valence-corrected chi connectivity index (χ0v) is 16.6. The van der Waals surface area contributed by atoms with Crippen molar-refractivity contribution in [2.45, 2.75) is 13.5 Å². The number of aryl methyl sites for hydroxylation is 1. The lowest BCUT2D eigenvalue weighted by molar-refractivity contribution is 0.413. The van der Waals surface area contributed by atoms with Gasteiger partial charge in [0.05, 0.1) is 24.8 Å². The van der Waals surface area contributed by atoms with Gasteiger partial charge in [0.2, 0.25) is 10.0 Å². The summed E-state index contributed by atoms with van der Waals surface area (Å²) >= 11 is 0. The van der Waals surface area contributed by atoms with Gasteiger partial charge in [-0.1, -0.05) is 6.07 Å². The van der Waals surface area contributed by atoms with Crippen LogP contribution in [0.25, 0.3) is 11.8 Å². The monoisotopic (exact) mass is 419 g/mol. The minimum atomic E-state index is -3.81. The van der Waals surface area contributed by atoms with E-state index in [1.54, 1.807) is 29.1 Å². The largest absolute Gasteiger partial charge is 0.495 e. The Morgan fingerprint density at radius 1 is 1.17 bits per heavy atom. The predicted octanol–water partition coefficient (Wildman–Crippen LogP) is 3.56. The average molecular weight is 419 g/mol. The predicted molar refractivity (Wildman–Crippen MR) is 106 cm³/mol. The third-order valence-electron chi connectivity index (χ3n) is 4.03. The lowest BCUT2D eigenvalue weighted by Crippen LogP contribution is -2.20. The Kier molecular flexibility index (Phi) is 6.09. The molecular formula is C20H19F2N3O3S. The second-order valence-corrected chi connectivity index (χ2v) is 7.95. The molecule has 0 saturated carbocycles. The van der Waals surface area contributed by atoms with E-state index in [1.807, 2.05) is 13.1 Å². The summed E-state index contributed by atoms with van der Waals surface area (Å²) in [7, 11) is -2.29. The fraction of sp³-hybridized carbons (Fsp3) is 0.150. The summed E-state index contributed by atoms with van der Waals surface area (Å²) in [5.74, 6) is -0.991. The van der Waals surface area contributed by atoms with Crippen molar-refractivity contribution in [1.29, 1.82) is 0 Å². The van der Waals surface area contributed by atoms with Crippen LogP contribution < -0.4 is 9.46 Å². The first-order valence-electron chi connectivity index (χ1n) is 8.57. The molecule has 0 aliphatic rings. The van der Waals surface area contributed by atoms with Crippen molar-refractivity contribution < 1.29 is 21.9 Å². The molecule has 0 atom stereocenters. The van der Waals surface area contributed by atoms with E-state index in [0.29, 0.717) is 11.3 Å². The first kappa shape index (κ1) is 20.7. The van der Waals surface area contributed by atoms with Gasteiger partial charge in [0.15, 0.2) is 0 Å². The Morgan fingerprint density at radius 3 is 2.52 bits per heavy atom. The van der Waals surface area contributed by atoms with Crippen LogP contribution in [-0.4, -0.2) is 25.1 Å². The highest BCUT2D eigenvalue weighted by Gasteiger charge is 2.09. The van der Waals surface area contributed by atoms with Crippen LogP contribution in [0.5, 0.6) is 5.75 Å². The van der Waals surface area contributed by atoms with Gasteiger partial charge in [-0.05, 0) is 48.4 Å². The number of sulfonamides is 1. The van der Waals surface area contributed by atoms with Gasteiger partial charge in [0, 0.05) is 24.2 Å². The average Bonchev–Trinajstić information content (AvgIpc) is 3.10. The quantitative estimate of drug-likeness (QED) is 0.636. The van der Waals surface area contributed by atoms with E-state index < -0.39 is 21.7 Å². The molecule has 9 heteroatoms. The summed E-state index contributed by atoms with van der Waals surface area (Å²) in [6.45, 7) is 1.64. The van der Waals surface area contributed by atoms with Gasteiger partial charge < -0.3 is 9.30 Å². The van der Waals surface area contributed by atoms with E-state index in [9.17, 15) is 17.2 Å². The highest BCUT2D eigenvalue weighted by molar-refractivity contribution is 7.92. The molecule has 1 heterocycles. The molecule has 0 aliphatic heterocycles. The summed E-state index contributed by atoms with van der Waals surface area (Å²) < 4.78 is 60.2. The minimum Gasteiger partial charge on any atom is -0.495 e. The Bertz CT molecular complexity index is 1140. The highest BCUT2D eigenvalue weighted by Crippen LogP contribution is 2.25. The van der Waals surface area contributed by atoms with Crippen LogP contribution in [0.15, 0.2) is 54.3 Å². The molecule has 1 N–H and O–H groups in total. The zero-order chi connectivity index (χ0) is 21.0. The Labute approximate surface area is 167 Å². The van der Waals surface area contributed by atoms with Crippen molar-refractivity contribution in [1.82, 2.24) is 14.3 Å². The molecule has 0 bridgehead atoms. The van der Waals surface area contributed by atoms with E-state index in [0.717, 1.165) is 35.0 Å². The fourth-order valence-electron chi connectivity index (χ4n) is 2.68. The number of hydrogen-bond acceptors (Lipinski definition) is 4. The Balaban J connectivity index is 1.74. The molecule has 6 nitrogen and oxygen atoms in total. The maximum absolute atomic E-state index is 13.2. The Hall–Kier alpha value is -3.04. The first-order valence-corrected chi connectivity index (χ1v) is 10.1. The molecule has 0 radical (unpaired) electrons. The lowest BCUT2D eigenvalue weighted by Gasteiger charge is -2.10. The smallest absolute Gasteiger partial charge is 0.234 e. The Morgan fingerprint density at radius 2 is 1.90 bits per heavy atom. The molecule has 0 aliphatic carbocycles. The van der Waals surface area contributed by atoms with Gasteiger partial charge in [-0.2, -0.15) is 0 Å². The number of methoxy groups -OCH3 is 1. The molecule has 0 spiro atoms. The maximum atomic E-state index is 13.2. The van der Waals surface area contributed by atoms with Gasteiger partial charge in [0.1, 0.15) is 17.4 Å². The van der Waals surface area contributed by atoms with E-state index in [1.165, 1.54) is 13.2 Å². The summed E-state index contributed by atoms with van der Waals surface area (Å²) in [5.41, 5.74) is 2.40. The van der Waals surface area contributed by atoms with Gasteiger partial charge in [-0.25, -0.2) is 26.9 Å². The third kappa shape index (κ3) is 5.49. The van der Waals surface area contributed by atoms with Crippen LogP contribution in [0.2, 0.25) is 0 Å². The normalized spacial score (nSPS) is 11.9. The molecular weight excluding hydrogens is 400 g/mol. The molecule has 29 heavy (non-hydrogen) atoms. The van der Waals surface area contributed by atoms with Crippen molar-refractivity contribution in [3.8, 4) is 11.4 Å². The number of hydrogen-bond donors (Lipinski definition) is 1. The van der Waals surface area contributed by atoms with Crippen molar-refractivity contribution in [3.05, 3.63) is 82.8 Å². The second kappa shape index (κ2) is 8.54. The topological polar surface area (TPSA) is 73.2 Å². The number of halogens is 2. The molecule has 1 aromatic heterocycles. The number of benzene rings is 2. The third-order valence-corrected chi connectivity index (χ3v) is 5.07. The number of aromatic nitrogens is 2. The highest BCUT2D eigenvalue weighted by atomic mass is 32.2. The number of rotatable bonds is 7. The van der Waals surface area contributed by atoms with Crippen molar-refractivity contribution in [2.24, 2.45) is 0 Å². The molecule has 0 amide bonds. The van der Waals surface area contributed by atoms with Crippen LogP contribution in [0.4, 0.5) is 8.78 Å². The number of ether oxygens (including phenoxy) is 1. The number of nitrogens with one attached hydrogen (secondary N) is 1.